The van der Waals surface area contributed by atoms with Crippen LogP contribution >= 0.6 is 50.6 Å². The van der Waals surface area contributed by atoms with E-state index in [1.807, 2.05) is 48.5 Å². The Bertz CT molecular complexity index is 2030. The predicted octanol–water partition coefficient (Wildman–Crippen LogP) is 6.82. The van der Waals surface area contributed by atoms with Crippen molar-refractivity contribution in [1.29, 1.82) is 0 Å². The lowest BCUT2D eigenvalue weighted by Gasteiger charge is -2.31. The molecule has 7 rings (SSSR count). The molecular weight excluding hydrogens is 686 g/mol. The Hall–Kier alpha value is -3.90. The number of H-pyrrole nitrogens is 1. The smallest absolute Gasteiger partial charge is 0.305 e. The van der Waals surface area contributed by atoms with Gasteiger partial charge in [0, 0.05) is 31.5 Å². The van der Waals surface area contributed by atoms with E-state index in [0.29, 0.717) is 42.1 Å². The van der Waals surface area contributed by atoms with Crippen LogP contribution in [0.15, 0.2) is 99.2 Å². The Balaban J connectivity index is 1.21. The number of amides is 3. The fourth-order valence-corrected chi connectivity index (χ4v) is 8.71. The number of aromatic amines is 1. The summed E-state index contributed by atoms with van der Waals surface area (Å²) in [5.41, 5.74) is 1.65. The predicted molar refractivity (Wildman–Crippen MR) is 176 cm³/mol. The molecular formula is C32H21BrClN3O5S2. The number of rotatable bonds is 6. The first-order chi connectivity index (χ1) is 21.3. The minimum Gasteiger partial charge on any atom is -0.483 e. The molecule has 8 nitrogen and oxygen atoms in total. The van der Waals surface area contributed by atoms with Crippen molar-refractivity contribution in [2.45, 2.75) is 16.2 Å². The van der Waals surface area contributed by atoms with E-state index in [2.05, 4.69) is 26.2 Å². The molecule has 44 heavy (non-hydrogen) atoms. The zero-order chi connectivity index (χ0) is 30.5. The first-order valence-corrected chi connectivity index (χ1v) is 16.4. The number of nitrogens with one attached hydrogen (secondary N) is 2. The normalized spacial score (nSPS) is 19.1. The fraction of sp³-hybridized carbons (Fsp3) is 0.125. The maximum Gasteiger partial charge on any atom is 0.305 e. The third-order valence-electron chi connectivity index (χ3n) is 7.61. The van der Waals surface area contributed by atoms with Gasteiger partial charge in [-0.25, -0.2) is 4.90 Å². The summed E-state index contributed by atoms with van der Waals surface area (Å²) in [5.74, 6) is -2.24. The largest absolute Gasteiger partial charge is 0.483 e. The number of anilines is 2. The van der Waals surface area contributed by atoms with Gasteiger partial charge in [-0.1, -0.05) is 81.0 Å². The maximum atomic E-state index is 14.1. The summed E-state index contributed by atoms with van der Waals surface area (Å²) in [6, 6.07) is 25.3. The second-order valence-electron chi connectivity index (χ2n) is 10.3. The summed E-state index contributed by atoms with van der Waals surface area (Å²) < 4.78 is 6.79. The quantitative estimate of drug-likeness (QED) is 0.188. The van der Waals surface area contributed by atoms with Crippen molar-refractivity contribution in [1.82, 2.24) is 4.98 Å². The number of thioether (sulfide) groups is 1. The highest BCUT2D eigenvalue weighted by molar-refractivity contribution is 9.10. The van der Waals surface area contributed by atoms with E-state index in [9.17, 15) is 19.2 Å². The number of carbonyl (C=O) groups is 3. The van der Waals surface area contributed by atoms with Crippen LogP contribution in [0.25, 0.3) is 10.8 Å². The van der Waals surface area contributed by atoms with Crippen molar-refractivity contribution in [2.24, 2.45) is 5.92 Å². The van der Waals surface area contributed by atoms with Crippen molar-refractivity contribution in [3.8, 4) is 5.75 Å². The van der Waals surface area contributed by atoms with Crippen LogP contribution in [0.4, 0.5) is 11.4 Å². The van der Waals surface area contributed by atoms with E-state index in [1.54, 1.807) is 36.4 Å². The Morgan fingerprint density at radius 2 is 1.73 bits per heavy atom. The van der Waals surface area contributed by atoms with Crippen LogP contribution < -0.4 is 19.8 Å². The summed E-state index contributed by atoms with van der Waals surface area (Å²) in [4.78, 5) is 57.7. The molecule has 3 heterocycles. The lowest BCUT2D eigenvalue weighted by Crippen LogP contribution is -2.32. The second-order valence-corrected chi connectivity index (χ2v) is 13.8. The number of imide groups is 1. The van der Waals surface area contributed by atoms with Crippen LogP contribution in [0.1, 0.15) is 16.4 Å². The molecule has 0 saturated carbocycles. The number of halogens is 2. The Kier molecular flexibility index (Phi) is 7.57. The summed E-state index contributed by atoms with van der Waals surface area (Å²) in [6.07, 6.45) is 0. The molecule has 2 N–H and O–H groups in total. The van der Waals surface area contributed by atoms with E-state index in [0.717, 1.165) is 22.1 Å². The maximum absolute atomic E-state index is 14.1. The number of nitrogens with zero attached hydrogens (tertiary/aromatic N) is 1. The molecule has 12 heteroatoms. The van der Waals surface area contributed by atoms with E-state index >= 15 is 0 Å². The number of ether oxygens (including phenoxy) is 1. The van der Waals surface area contributed by atoms with Gasteiger partial charge in [-0.2, -0.15) is 0 Å². The van der Waals surface area contributed by atoms with Gasteiger partial charge < -0.3 is 15.0 Å². The van der Waals surface area contributed by atoms with Crippen LogP contribution in [-0.2, 0) is 14.4 Å². The van der Waals surface area contributed by atoms with Crippen molar-refractivity contribution in [3.05, 3.63) is 115 Å². The SMILES string of the molecule is O=C(COc1ccc(Br)cc1C1c2sc(=O)[nH]c2SC2C(=O)N(c3ccc(Cl)cc3)C(=O)C21)Nc1ccc2ccccc2c1. The summed E-state index contributed by atoms with van der Waals surface area (Å²) >= 11 is 11.8. The van der Waals surface area contributed by atoms with Gasteiger partial charge in [0.2, 0.25) is 11.8 Å². The molecule has 4 aromatic carbocycles. The van der Waals surface area contributed by atoms with Crippen molar-refractivity contribution < 1.29 is 19.1 Å². The van der Waals surface area contributed by atoms with Crippen LogP contribution in [0.2, 0.25) is 5.02 Å². The number of carbonyl (C=O) groups excluding carboxylic acids is 3. The molecule has 0 radical (unpaired) electrons. The molecule has 1 fully saturated rings. The fourth-order valence-electron chi connectivity index (χ4n) is 5.70. The number of thiazole rings is 1. The van der Waals surface area contributed by atoms with Gasteiger partial charge >= 0.3 is 4.87 Å². The second kappa shape index (κ2) is 11.6. The number of aromatic nitrogens is 1. The molecule has 3 amide bonds. The lowest BCUT2D eigenvalue weighted by molar-refractivity contribution is -0.122. The van der Waals surface area contributed by atoms with Crippen LogP contribution in [0.5, 0.6) is 5.75 Å². The van der Waals surface area contributed by atoms with Gasteiger partial charge in [0.15, 0.2) is 6.61 Å². The average molecular weight is 707 g/mol. The van der Waals surface area contributed by atoms with E-state index in [4.69, 9.17) is 16.3 Å². The standard InChI is InChI=1S/C32H21BrClN3O5S2/c33-18-6-12-23(42-15-24(38)35-20-9-5-16-3-1-2-4-17(16)13-20)22(14-18)25-26-28(43-29-27(25)44-32(41)36-29)31(40)37(30(26)39)21-10-7-19(34)8-11-21/h1-14,25-26,28H,15H2,(H,35,38)(H,36,41). The molecule has 0 aliphatic carbocycles. The van der Waals surface area contributed by atoms with E-state index in [1.165, 1.54) is 16.7 Å². The van der Waals surface area contributed by atoms with Crippen LogP contribution in [0.3, 0.4) is 0 Å². The Labute approximate surface area is 272 Å². The van der Waals surface area contributed by atoms with E-state index < -0.39 is 17.1 Å². The van der Waals surface area contributed by atoms with Crippen molar-refractivity contribution in [2.75, 3.05) is 16.8 Å². The Morgan fingerprint density at radius 1 is 0.955 bits per heavy atom. The number of hydrogen-bond donors (Lipinski definition) is 2. The molecule has 5 aromatic rings. The highest BCUT2D eigenvalue weighted by Gasteiger charge is 2.56. The topological polar surface area (TPSA) is 109 Å². The zero-order valence-corrected chi connectivity index (χ0v) is 26.6. The number of fused-ring (bicyclic) bond motifs is 3. The summed E-state index contributed by atoms with van der Waals surface area (Å²) in [7, 11) is 0. The van der Waals surface area contributed by atoms with Crippen LogP contribution in [0, 0.1) is 5.92 Å². The molecule has 3 unspecified atom stereocenters. The van der Waals surface area contributed by atoms with Crippen molar-refractivity contribution in [3.63, 3.8) is 0 Å². The molecule has 1 saturated heterocycles. The van der Waals surface area contributed by atoms with Gasteiger partial charge in [-0.05, 0) is 65.4 Å². The molecule has 0 bridgehead atoms. The average Bonchev–Trinajstić information content (AvgIpc) is 3.51. The first kappa shape index (κ1) is 28.8. The molecule has 2 aliphatic rings. The molecule has 220 valence electrons. The number of benzene rings is 4. The number of hydrogen-bond acceptors (Lipinski definition) is 7. The van der Waals surface area contributed by atoms with Gasteiger partial charge in [0.1, 0.15) is 11.0 Å². The van der Waals surface area contributed by atoms with Gasteiger partial charge in [0.25, 0.3) is 5.91 Å². The van der Waals surface area contributed by atoms with Crippen molar-refractivity contribution >= 4 is 90.5 Å². The van der Waals surface area contributed by atoms with Gasteiger partial charge in [0.05, 0.1) is 16.6 Å². The van der Waals surface area contributed by atoms with Crippen LogP contribution in [-0.4, -0.2) is 34.6 Å². The third kappa shape index (κ3) is 5.23. The summed E-state index contributed by atoms with van der Waals surface area (Å²) in [5, 5.41) is 5.19. The van der Waals surface area contributed by atoms with E-state index in [-0.39, 0.29) is 29.2 Å². The summed E-state index contributed by atoms with van der Waals surface area (Å²) in [6.45, 7) is -0.295. The first-order valence-electron chi connectivity index (χ1n) is 13.5. The highest BCUT2D eigenvalue weighted by atomic mass is 79.9. The van der Waals surface area contributed by atoms with Gasteiger partial charge in [-0.15, -0.1) is 0 Å². The lowest BCUT2D eigenvalue weighted by atomic mass is 9.82. The highest BCUT2D eigenvalue weighted by Crippen LogP contribution is 2.54. The van der Waals surface area contributed by atoms with Gasteiger partial charge in [-0.3, -0.25) is 19.2 Å². The molecule has 1 aromatic heterocycles. The minimum atomic E-state index is -0.815. The zero-order valence-electron chi connectivity index (χ0n) is 22.6. The monoisotopic (exact) mass is 705 g/mol. The molecule has 3 atom stereocenters. The Morgan fingerprint density at radius 3 is 2.52 bits per heavy atom. The molecule has 0 spiro atoms. The molecule has 2 aliphatic heterocycles. The minimum absolute atomic E-state index is 0.283. The third-order valence-corrected chi connectivity index (χ3v) is 10.8.